The van der Waals surface area contributed by atoms with Crippen LogP contribution in [0.15, 0.2) is 42.5 Å². The summed E-state index contributed by atoms with van der Waals surface area (Å²) < 4.78 is 4.07. The summed E-state index contributed by atoms with van der Waals surface area (Å²) in [6.07, 6.45) is 10.9. The second-order valence-electron chi connectivity index (χ2n) is 10.8. The Morgan fingerprint density at radius 1 is 1.03 bits per heavy atom. The van der Waals surface area contributed by atoms with Crippen LogP contribution in [0.3, 0.4) is 0 Å². The molecule has 2 amide bonds. The average molecular weight is 525 g/mol. The van der Waals surface area contributed by atoms with E-state index in [4.69, 9.17) is 4.74 Å². The third-order valence-electron chi connectivity index (χ3n) is 8.29. The monoisotopic (exact) mass is 524 g/mol. The molecule has 1 aromatic carbocycles. The topological polar surface area (TPSA) is 87.2 Å². The lowest BCUT2D eigenvalue weighted by molar-refractivity contribution is -0.154. The summed E-state index contributed by atoms with van der Waals surface area (Å²) in [6.45, 7) is 7.22. The molecule has 0 radical (unpaired) electrons. The van der Waals surface area contributed by atoms with Crippen LogP contribution < -0.4 is 4.90 Å². The van der Waals surface area contributed by atoms with Crippen molar-refractivity contribution in [2.24, 2.45) is 11.8 Å². The fraction of sp³-hybridized carbons (Fsp3) is 0.552. The molecule has 1 unspecified atom stereocenters. The van der Waals surface area contributed by atoms with Gasteiger partial charge in [-0.25, -0.2) is 0 Å². The minimum Gasteiger partial charge on any atom is -0.465 e. The van der Waals surface area contributed by atoms with Crippen molar-refractivity contribution < 1.29 is 24.2 Å². The quantitative estimate of drug-likeness (QED) is 0.348. The molecule has 0 bridgehead atoms. The zero-order chi connectivity index (χ0) is 26.4. The lowest BCUT2D eigenvalue weighted by Crippen LogP contribution is -2.53. The van der Waals surface area contributed by atoms with Gasteiger partial charge in [-0.15, -0.1) is 11.8 Å². The van der Waals surface area contributed by atoms with Crippen LogP contribution in [0.1, 0.15) is 43.7 Å². The molecule has 1 N–H and O–H groups in total. The summed E-state index contributed by atoms with van der Waals surface area (Å²) in [5, 5.41) is 9.24. The maximum atomic E-state index is 14.5. The highest BCUT2D eigenvalue weighted by atomic mass is 32.2. The highest BCUT2D eigenvalue weighted by Gasteiger charge is 2.73. The predicted molar refractivity (Wildman–Crippen MR) is 144 cm³/mol. The third-order valence-corrected chi connectivity index (χ3v) is 10.1. The molecule has 37 heavy (non-hydrogen) atoms. The first-order valence-electron chi connectivity index (χ1n) is 13.3. The van der Waals surface area contributed by atoms with Gasteiger partial charge in [-0.3, -0.25) is 14.4 Å². The molecule has 0 aliphatic carbocycles. The van der Waals surface area contributed by atoms with Crippen LogP contribution in [0.2, 0.25) is 0 Å². The first-order valence-corrected chi connectivity index (χ1v) is 14.1. The lowest BCUT2D eigenvalue weighted by Gasteiger charge is -2.37. The van der Waals surface area contributed by atoms with Gasteiger partial charge in [0.1, 0.15) is 6.04 Å². The highest BCUT2D eigenvalue weighted by Crippen LogP contribution is 2.65. The summed E-state index contributed by atoms with van der Waals surface area (Å²) in [6, 6.07) is 5.26. The van der Waals surface area contributed by atoms with Crippen molar-refractivity contribution in [1.82, 2.24) is 4.90 Å². The number of benzene rings is 1. The van der Waals surface area contributed by atoms with Gasteiger partial charge in [-0.2, -0.15) is 0 Å². The first-order chi connectivity index (χ1) is 17.7. The van der Waals surface area contributed by atoms with Gasteiger partial charge < -0.3 is 19.6 Å². The molecule has 4 heterocycles. The molecule has 0 saturated carbocycles. The number of carbonyl (C=O) groups excluding carboxylic acids is 3. The second-order valence-corrected chi connectivity index (χ2v) is 12.6. The van der Waals surface area contributed by atoms with E-state index < -0.39 is 27.4 Å². The number of carbonyl (C=O) groups is 3. The van der Waals surface area contributed by atoms with E-state index in [1.165, 1.54) is 0 Å². The standard InChI is InChI=1S/C29H36N2O5S/c1-19-11-9-12-20(2)23(19)30-16-10-14-29-21(22-27(35)36-18-8-5-13-28(22,3)37-29)25(33)31(24(29)26(30)34)15-6-4-7-17-32/h5,9-14,21-22,24,32H,4,6-8,15-18H2,1-3H3/t21-,22-,24?,28+,29-/m0/s1. The van der Waals surface area contributed by atoms with E-state index in [9.17, 15) is 19.5 Å². The van der Waals surface area contributed by atoms with Crippen molar-refractivity contribution in [3.63, 3.8) is 0 Å². The molecule has 5 rings (SSSR count). The third kappa shape index (κ3) is 4.13. The average Bonchev–Trinajstić information content (AvgIpc) is 3.16. The van der Waals surface area contributed by atoms with Crippen molar-refractivity contribution in [2.75, 3.05) is 31.2 Å². The van der Waals surface area contributed by atoms with Gasteiger partial charge in [-0.05, 0) is 57.6 Å². The number of cyclic esters (lactones) is 1. The number of hydrogen-bond acceptors (Lipinski definition) is 6. The van der Waals surface area contributed by atoms with E-state index in [-0.39, 0.29) is 24.4 Å². The summed E-state index contributed by atoms with van der Waals surface area (Å²) in [4.78, 5) is 45.7. The molecule has 7 nitrogen and oxygen atoms in total. The molecule has 2 fully saturated rings. The minimum absolute atomic E-state index is 0.0976. The molecule has 5 atom stereocenters. The maximum Gasteiger partial charge on any atom is 0.311 e. The van der Waals surface area contributed by atoms with Crippen LogP contribution in [0.5, 0.6) is 0 Å². The van der Waals surface area contributed by atoms with Gasteiger partial charge in [-0.1, -0.05) is 42.5 Å². The number of para-hydroxylation sites is 1. The molecule has 2 saturated heterocycles. The summed E-state index contributed by atoms with van der Waals surface area (Å²) >= 11 is 1.57. The van der Waals surface area contributed by atoms with E-state index in [0.717, 1.165) is 23.2 Å². The van der Waals surface area contributed by atoms with E-state index in [1.54, 1.807) is 16.7 Å². The van der Waals surface area contributed by atoms with Crippen molar-refractivity contribution in [1.29, 1.82) is 0 Å². The van der Waals surface area contributed by atoms with Gasteiger partial charge in [0.25, 0.3) is 5.91 Å². The van der Waals surface area contributed by atoms with Gasteiger partial charge in [0.05, 0.1) is 23.2 Å². The number of unbranched alkanes of at least 4 members (excludes halogenated alkanes) is 2. The number of aliphatic hydroxyl groups excluding tert-OH is 1. The van der Waals surface area contributed by atoms with Crippen LogP contribution in [0.4, 0.5) is 5.69 Å². The number of esters is 1. The number of nitrogens with zero attached hydrogens (tertiary/aromatic N) is 2. The minimum atomic E-state index is -0.871. The van der Waals surface area contributed by atoms with Gasteiger partial charge in [0.15, 0.2) is 0 Å². The summed E-state index contributed by atoms with van der Waals surface area (Å²) in [5.41, 5.74) is 2.89. The smallest absolute Gasteiger partial charge is 0.311 e. The Morgan fingerprint density at radius 2 is 1.78 bits per heavy atom. The Labute approximate surface area is 222 Å². The molecule has 4 aliphatic rings. The van der Waals surface area contributed by atoms with Crippen LogP contribution in [0.25, 0.3) is 0 Å². The Balaban J connectivity index is 1.62. The van der Waals surface area contributed by atoms with Gasteiger partial charge in [0.2, 0.25) is 5.91 Å². The Hall–Kier alpha value is -2.58. The van der Waals surface area contributed by atoms with E-state index >= 15 is 0 Å². The lowest BCUT2D eigenvalue weighted by atomic mass is 9.74. The van der Waals surface area contributed by atoms with Crippen LogP contribution in [-0.2, 0) is 19.1 Å². The van der Waals surface area contributed by atoms with Crippen molar-refractivity contribution >= 4 is 35.2 Å². The SMILES string of the molecule is Cc1cccc(C)c1N1CC=C[C@]23S[C@]4(C)C=CCCOC(=O)[C@@H]4[C@H]2C(=O)N(CCCCCO)C3C1=O. The fourth-order valence-corrected chi connectivity index (χ4v) is 8.88. The molecule has 1 spiro atoms. The fourth-order valence-electron chi connectivity index (χ4n) is 6.73. The Kier molecular flexibility index (Phi) is 7.00. The largest absolute Gasteiger partial charge is 0.465 e. The number of anilines is 1. The van der Waals surface area contributed by atoms with Crippen molar-refractivity contribution in [2.45, 2.75) is 62.0 Å². The van der Waals surface area contributed by atoms with Crippen molar-refractivity contribution in [3.8, 4) is 0 Å². The number of aliphatic hydroxyl groups is 1. The van der Waals surface area contributed by atoms with Crippen LogP contribution >= 0.6 is 11.8 Å². The zero-order valence-corrected chi connectivity index (χ0v) is 22.6. The van der Waals surface area contributed by atoms with E-state index in [2.05, 4.69) is 6.08 Å². The number of ether oxygens (including phenoxy) is 1. The number of fused-ring (bicyclic) bond motifs is 2. The molecular formula is C29H36N2O5S. The molecule has 0 aromatic heterocycles. The number of amides is 2. The number of likely N-dealkylation sites (tertiary alicyclic amines) is 1. The molecule has 8 heteroatoms. The molecule has 198 valence electrons. The Bertz CT molecular complexity index is 1140. The maximum absolute atomic E-state index is 14.5. The van der Waals surface area contributed by atoms with Crippen LogP contribution in [0, 0.1) is 25.7 Å². The van der Waals surface area contributed by atoms with Crippen LogP contribution in [-0.4, -0.2) is 69.6 Å². The molecule has 4 aliphatic heterocycles. The van der Waals surface area contributed by atoms with E-state index in [1.807, 2.05) is 62.1 Å². The first kappa shape index (κ1) is 26.0. The van der Waals surface area contributed by atoms with Crippen molar-refractivity contribution in [3.05, 3.63) is 53.6 Å². The molecular weight excluding hydrogens is 488 g/mol. The second kappa shape index (κ2) is 9.95. The number of rotatable bonds is 6. The van der Waals surface area contributed by atoms with Gasteiger partial charge in [0, 0.05) is 30.1 Å². The predicted octanol–water partition coefficient (Wildman–Crippen LogP) is 3.56. The number of thioether (sulfide) groups is 1. The molecule has 1 aromatic rings. The summed E-state index contributed by atoms with van der Waals surface area (Å²) in [5.74, 6) is -1.97. The number of hydrogen-bond donors (Lipinski definition) is 1. The number of aryl methyl sites for hydroxylation is 2. The van der Waals surface area contributed by atoms with E-state index in [0.29, 0.717) is 39.0 Å². The normalized spacial score (nSPS) is 33.0. The highest BCUT2D eigenvalue weighted by molar-refractivity contribution is 8.02. The Morgan fingerprint density at radius 3 is 2.51 bits per heavy atom. The zero-order valence-electron chi connectivity index (χ0n) is 21.8. The van der Waals surface area contributed by atoms with Gasteiger partial charge >= 0.3 is 5.97 Å². The summed E-state index contributed by atoms with van der Waals surface area (Å²) in [7, 11) is 0.